The van der Waals surface area contributed by atoms with Gasteiger partial charge < -0.3 is 0 Å². The van der Waals surface area contributed by atoms with Gasteiger partial charge in [-0.15, -0.1) is 0 Å². The summed E-state index contributed by atoms with van der Waals surface area (Å²) in [6.07, 6.45) is 24.0. The Kier molecular flexibility index (Phi) is 11.7. The number of unbranched alkanes of at least 4 members (excludes halogenated alkanes) is 12. The highest BCUT2D eigenvalue weighted by Gasteiger charge is 2.16. The number of hydrogen-bond acceptors (Lipinski definition) is 0. The average molecular weight is 384 g/mol. The van der Waals surface area contributed by atoms with Gasteiger partial charge in [-0.3, -0.25) is 0 Å². The molecule has 0 fully saturated rings. The molecule has 2 nitrogen and oxygen atoms in total. The zero-order valence-corrected chi connectivity index (χ0v) is 18.5. The van der Waals surface area contributed by atoms with E-state index in [1.165, 1.54) is 101 Å². The van der Waals surface area contributed by atoms with Crippen molar-refractivity contribution in [2.45, 2.75) is 110 Å². The molecule has 0 aliphatic carbocycles. The van der Waals surface area contributed by atoms with Gasteiger partial charge in [0.1, 0.15) is 18.1 Å². The van der Waals surface area contributed by atoms with E-state index in [4.69, 9.17) is 0 Å². The zero-order chi connectivity index (χ0) is 19.9. The number of aromatic nitrogens is 2. The van der Waals surface area contributed by atoms with Crippen molar-refractivity contribution >= 4 is 0 Å². The van der Waals surface area contributed by atoms with Crippen molar-refractivity contribution in [2.24, 2.45) is 0 Å². The molecule has 0 spiro atoms. The SMILES string of the molecule is CCCCCCCCCCCCCCCc1n(-c2ccccc2)cc[n+]1CC. The lowest BCUT2D eigenvalue weighted by Gasteiger charge is -2.05. The Bertz CT molecular complexity index is 615. The second-order valence-corrected chi connectivity index (χ2v) is 8.20. The van der Waals surface area contributed by atoms with E-state index in [0.717, 1.165) is 6.54 Å². The first-order valence-corrected chi connectivity index (χ1v) is 12.0. The van der Waals surface area contributed by atoms with Crippen molar-refractivity contribution in [3.63, 3.8) is 0 Å². The van der Waals surface area contributed by atoms with Crippen LogP contribution in [0.4, 0.5) is 0 Å². The number of benzene rings is 1. The lowest BCUT2D eigenvalue weighted by Crippen LogP contribution is -2.35. The normalized spacial score (nSPS) is 11.2. The van der Waals surface area contributed by atoms with Crippen LogP contribution in [0.15, 0.2) is 42.7 Å². The standard InChI is InChI=1S/C26H43N2/c1-3-5-6-7-8-9-10-11-12-13-14-15-19-22-26-27(4-2)23-24-28(26)25-20-17-16-18-21-25/h16-18,20-21,23-24H,3-15,19,22H2,1-2H3/q+1. The Morgan fingerprint density at radius 2 is 1.21 bits per heavy atom. The molecular formula is C26H43N2+. The van der Waals surface area contributed by atoms with Gasteiger partial charge in [0.2, 0.25) is 0 Å². The fourth-order valence-corrected chi connectivity index (χ4v) is 4.13. The van der Waals surface area contributed by atoms with Crippen LogP contribution in [0.25, 0.3) is 5.69 Å². The molecule has 0 N–H and O–H groups in total. The monoisotopic (exact) mass is 383 g/mol. The number of rotatable bonds is 16. The van der Waals surface area contributed by atoms with E-state index in [0.29, 0.717) is 0 Å². The maximum Gasteiger partial charge on any atom is 0.261 e. The van der Waals surface area contributed by atoms with E-state index < -0.39 is 0 Å². The smallest absolute Gasteiger partial charge is 0.234 e. The molecule has 0 saturated heterocycles. The van der Waals surface area contributed by atoms with E-state index in [9.17, 15) is 0 Å². The van der Waals surface area contributed by atoms with Crippen molar-refractivity contribution in [1.82, 2.24) is 4.57 Å². The fraction of sp³-hybridized carbons (Fsp3) is 0.654. The number of aryl methyl sites for hydroxylation is 1. The van der Waals surface area contributed by atoms with Gasteiger partial charge in [-0.05, 0) is 25.5 Å². The minimum Gasteiger partial charge on any atom is -0.234 e. The van der Waals surface area contributed by atoms with E-state index >= 15 is 0 Å². The molecular weight excluding hydrogens is 340 g/mol. The molecule has 1 heterocycles. The quantitative estimate of drug-likeness (QED) is 0.211. The molecule has 0 atom stereocenters. The average Bonchev–Trinajstić information content (AvgIpc) is 3.15. The minimum atomic E-state index is 1.05. The summed E-state index contributed by atoms with van der Waals surface area (Å²) in [7, 11) is 0. The Labute approximate surface area is 174 Å². The first-order valence-electron chi connectivity index (χ1n) is 12.0. The topological polar surface area (TPSA) is 8.81 Å². The largest absolute Gasteiger partial charge is 0.261 e. The highest BCUT2D eigenvalue weighted by Crippen LogP contribution is 2.15. The van der Waals surface area contributed by atoms with Crippen molar-refractivity contribution < 1.29 is 4.57 Å². The third-order valence-corrected chi connectivity index (χ3v) is 5.88. The Balaban J connectivity index is 1.57. The maximum atomic E-state index is 2.40. The maximum absolute atomic E-state index is 2.40. The van der Waals surface area contributed by atoms with Crippen LogP contribution in [-0.4, -0.2) is 4.57 Å². The Morgan fingerprint density at radius 1 is 0.679 bits per heavy atom. The Hall–Kier alpha value is -1.57. The van der Waals surface area contributed by atoms with Crippen molar-refractivity contribution in [2.75, 3.05) is 0 Å². The summed E-state index contributed by atoms with van der Waals surface area (Å²) < 4.78 is 4.76. The van der Waals surface area contributed by atoms with Crippen LogP contribution >= 0.6 is 0 Å². The van der Waals surface area contributed by atoms with Crippen LogP contribution in [0.3, 0.4) is 0 Å². The van der Waals surface area contributed by atoms with Crippen molar-refractivity contribution in [1.29, 1.82) is 0 Å². The summed E-state index contributed by atoms with van der Waals surface area (Å²) >= 11 is 0. The van der Waals surface area contributed by atoms with Gasteiger partial charge in [-0.25, -0.2) is 4.57 Å². The predicted octanol–water partition coefficient (Wildman–Crippen LogP) is 7.42. The number of para-hydroxylation sites is 1. The fourth-order valence-electron chi connectivity index (χ4n) is 4.13. The van der Waals surface area contributed by atoms with Gasteiger partial charge in [-0.2, -0.15) is 4.57 Å². The highest BCUT2D eigenvalue weighted by molar-refractivity contribution is 5.31. The molecule has 0 saturated carbocycles. The number of nitrogens with zero attached hydrogens (tertiary/aromatic N) is 2. The summed E-state index contributed by atoms with van der Waals surface area (Å²) in [5, 5.41) is 0. The van der Waals surface area contributed by atoms with E-state index in [1.807, 2.05) is 0 Å². The van der Waals surface area contributed by atoms with Gasteiger partial charge >= 0.3 is 0 Å². The molecule has 0 bridgehead atoms. The van der Waals surface area contributed by atoms with Gasteiger partial charge in [0.05, 0.1) is 6.54 Å². The number of hydrogen-bond donors (Lipinski definition) is 0. The summed E-state index contributed by atoms with van der Waals surface area (Å²) in [4.78, 5) is 0. The van der Waals surface area contributed by atoms with Gasteiger partial charge in [0, 0.05) is 6.42 Å². The lowest BCUT2D eigenvalue weighted by atomic mass is 10.0. The van der Waals surface area contributed by atoms with Gasteiger partial charge in [0.25, 0.3) is 5.82 Å². The van der Waals surface area contributed by atoms with Crippen LogP contribution in [0.2, 0.25) is 0 Å². The summed E-state index contributed by atoms with van der Waals surface area (Å²) in [6, 6.07) is 10.7. The number of imidazole rings is 1. The van der Waals surface area contributed by atoms with E-state index in [2.05, 4.69) is 65.7 Å². The van der Waals surface area contributed by atoms with Crippen LogP contribution in [0.1, 0.15) is 103 Å². The van der Waals surface area contributed by atoms with Crippen LogP contribution in [0.5, 0.6) is 0 Å². The van der Waals surface area contributed by atoms with Crippen molar-refractivity contribution in [3.8, 4) is 5.69 Å². The van der Waals surface area contributed by atoms with Gasteiger partial charge in [-0.1, -0.05) is 102 Å². The second kappa shape index (κ2) is 14.4. The summed E-state index contributed by atoms with van der Waals surface area (Å²) in [5.41, 5.74) is 1.28. The van der Waals surface area contributed by atoms with Gasteiger partial charge in [0.15, 0.2) is 0 Å². The molecule has 2 rings (SSSR count). The lowest BCUT2D eigenvalue weighted by molar-refractivity contribution is -0.700. The molecule has 0 aliphatic rings. The molecule has 0 amide bonds. The third-order valence-electron chi connectivity index (χ3n) is 5.88. The molecule has 2 aromatic rings. The molecule has 1 aromatic heterocycles. The van der Waals surface area contributed by atoms with E-state index in [1.54, 1.807) is 0 Å². The first kappa shape index (κ1) is 22.7. The first-order chi connectivity index (χ1) is 13.9. The van der Waals surface area contributed by atoms with Crippen LogP contribution in [-0.2, 0) is 13.0 Å². The molecule has 28 heavy (non-hydrogen) atoms. The molecule has 1 aromatic carbocycles. The van der Waals surface area contributed by atoms with Crippen LogP contribution < -0.4 is 4.57 Å². The molecule has 0 unspecified atom stereocenters. The Morgan fingerprint density at radius 3 is 1.75 bits per heavy atom. The zero-order valence-electron chi connectivity index (χ0n) is 18.5. The molecule has 156 valence electrons. The van der Waals surface area contributed by atoms with Crippen LogP contribution in [0, 0.1) is 0 Å². The molecule has 2 heteroatoms. The predicted molar refractivity (Wildman–Crippen MR) is 121 cm³/mol. The molecule has 0 radical (unpaired) electrons. The summed E-state index contributed by atoms with van der Waals surface area (Å²) in [6.45, 7) is 5.58. The van der Waals surface area contributed by atoms with E-state index in [-0.39, 0.29) is 0 Å². The minimum absolute atomic E-state index is 1.05. The third kappa shape index (κ3) is 8.20. The highest BCUT2D eigenvalue weighted by atomic mass is 15.1. The summed E-state index contributed by atoms with van der Waals surface area (Å²) in [5.74, 6) is 1.44. The second-order valence-electron chi connectivity index (χ2n) is 8.20. The molecule has 0 aliphatic heterocycles. The van der Waals surface area contributed by atoms with Crippen molar-refractivity contribution in [3.05, 3.63) is 48.5 Å².